The monoisotopic (exact) mass is 453 g/mol. The van der Waals surface area contributed by atoms with Crippen molar-refractivity contribution in [1.29, 1.82) is 0 Å². The molecule has 4 nitrogen and oxygen atoms in total. The van der Waals surface area contributed by atoms with Gasteiger partial charge >= 0.3 is 8.80 Å². The number of rotatable bonds is 21. The summed E-state index contributed by atoms with van der Waals surface area (Å²) in [5.74, 6) is 0. The third-order valence-corrected chi connectivity index (χ3v) is 6.92. The van der Waals surface area contributed by atoms with Gasteiger partial charge in [-0.05, 0) is 12.8 Å². The molecule has 29 heavy (non-hydrogen) atoms. The predicted octanol–water partition coefficient (Wildman–Crippen LogP) is 2.63. The van der Waals surface area contributed by atoms with E-state index in [9.17, 15) is 0 Å². The Hall–Kier alpha value is 0.347. The average Bonchev–Trinajstić information content (AvgIpc) is 2.60. The summed E-state index contributed by atoms with van der Waals surface area (Å²) >= 11 is 0. The maximum Gasteiger partial charge on any atom is 0.492 e. The molecule has 0 saturated carbocycles. The Balaban J connectivity index is 0. The molecule has 0 aliphatic carbocycles. The highest BCUT2D eigenvalue weighted by molar-refractivity contribution is 6.56. The van der Waals surface area contributed by atoms with Crippen molar-refractivity contribution in [1.82, 2.24) is 0 Å². The lowest BCUT2D eigenvalue weighted by Gasteiger charge is -2.30. The molecular formula is C23H52ClNO3Si. The van der Waals surface area contributed by atoms with Crippen LogP contribution in [0, 0.1) is 0 Å². The third-order valence-electron chi connectivity index (χ3n) is 5.89. The smallest absolute Gasteiger partial charge is 0.492 e. The van der Waals surface area contributed by atoms with Crippen molar-refractivity contribution < 1.29 is 31.3 Å². The van der Waals surface area contributed by atoms with Gasteiger partial charge in [0, 0.05) is 12.5 Å². The molecule has 0 aliphatic heterocycles. The van der Waals surface area contributed by atoms with Crippen LogP contribution in [0.25, 0.3) is 0 Å². The van der Waals surface area contributed by atoms with Crippen LogP contribution in [0.4, 0.5) is 0 Å². The molecule has 0 spiro atoms. The molecule has 0 amide bonds. The van der Waals surface area contributed by atoms with E-state index in [-0.39, 0.29) is 18.5 Å². The molecule has 0 aromatic heterocycles. The maximum atomic E-state index is 9.08. The largest absolute Gasteiger partial charge is 1.00 e. The fourth-order valence-electron chi connectivity index (χ4n) is 3.94. The topological polar surface area (TPSA) is 60.7 Å². The van der Waals surface area contributed by atoms with Crippen LogP contribution in [0.3, 0.4) is 0 Å². The second-order valence-corrected chi connectivity index (χ2v) is 11.6. The third kappa shape index (κ3) is 26.3. The minimum atomic E-state index is -3.84. The normalized spacial score (nSPS) is 12.2. The summed E-state index contributed by atoms with van der Waals surface area (Å²) in [7, 11) is 0.547. The first-order valence-corrected chi connectivity index (χ1v) is 14.3. The summed E-state index contributed by atoms with van der Waals surface area (Å²) < 4.78 is 0.906. The van der Waals surface area contributed by atoms with Gasteiger partial charge in [0.25, 0.3) is 0 Å². The van der Waals surface area contributed by atoms with Crippen molar-refractivity contribution in [3.05, 3.63) is 0 Å². The standard InChI is InChI=1S/C23H52NO3Si.ClH/c1-4-5-6-7-8-9-10-11-12-13-14-15-16-17-18-19-21-24(2,3)22-20-23-28(25,26)27;/h25-27H,4-23H2,1-3H3;1H/q+1;/p-1. The van der Waals surface area contributed by atoms with E-state index < -0.39 is 8.80 Å². The number of unbranched alkanes of at least 4 members (excludes halogenated alkanes) is 15. The summed E-state index contributed by atoms with van der Waals surface area (Å²) in [5, 5.41) is 0. The molecule has 0 radical (unpaired) electrons. The minimum absolute atomic E-state index is 0. The lowest BCUT2D eigenvalue weighted by molar-refractivity contribution is -0.890. The van der Waals surface area contributed by atoms with Gasteiger partial charge in [0.1, 0.15) is 0 Å². The van der Waals surface area contributed by atoms with E-state index in [0.717, 1.165) is 17.6 Å². The molecule has 0 saturated heterocycles. The van der Waals surface area contributed by atoms with Gasteiger partial charge in [0.2, 0.25) is 0 Å². The molecule has 0 aromatic carbocycles. The van der Waals surface area contributed by atoms with Gasteiger partial charge in [-0.25, -0.2) is 0 Å². The Morgan fingerprint density at radius 1 is 0.517 bits per heavy atom. The molecule has 0 aliphatic rings. The molecule has 178 valence electrons. The second kappa shape index (κ2) is 20.3. The van der Waals surface area contributed by atoms with E-state index in [1.165, 1.54) is 103 Å². The quantitative estimate of drug-likeness (QED) is 0.142. The SMILES string of the molecule is CCCCCCCCCCCCCCCCCC[N+](C)(C)CCC[Si](O)(O)O.[Cl-]. The summed E-state index contributed by atoms with van der Waals surface area (Å²) in [6.45, 7) is 4.31. The number of hydrogen-bond donors (Lipinski definition) is 3. The van der Waals surface area contributed by atoms with Crippen molar-refractivity contribution in [3.8, 4) is 0 Å². The fourth-order valence-corrected chi connectivity index (χ4v) is 4.58. The van der Waals surface area contributed by atoms with Crippen LogP contribution < -0.4 is 12.4 Å². The van der Waals surface area contributed by atoms with E-state index in [4.69, 9.17) is 14.4 Å². The van der Waals surface area contributed by atoms with Gasteiger partial charge in [0.05, 0.1) is 27.2 Å². The maximum absolute atomic E-state index is 9.08. The molecule has 0 aromatic rings. The Kier molecular flexibility index (Phi) is 22.0. The van der Waals surface area contributed by atoms with Crippen LogP contribution in [-0.2, 0) is 0 Å². The van der Waals surface area contributed by atoms with Crippen molar-refractivity contribution in [2.75, 3.05) is 27.2 Å². The van der Waals surface area contributed by atoms with Crippen LogP contribution in [0.1, 0.15) is 116 Å². The zero-order chi connectivity index (χ0) is 21.1. The van der Waals surface area contributed by atoms with Crippen LogP contribution in [-0.4, -0.2) is 54.9 Å². The molecule has 0 fully saturated rings. The Labute approximate surface area is 189 Å². The molecular weight excluding hydrogens is 402 g/mol. The highest BCUT2D eigenvalue weighted by Gasteiger charge is 2.27. The van der Waals surface area contributed by atoms with Crippen molar-refractivity contribution in [2.24, 2.45) is 0 Å². The minimum Gasteiger partial charge on any atom is -1.00 e. The van der Waals surface area contributed by atoms with Gasteiger partial charge in [-0.1, -0.05) is 96.8 Å². The second-order valence-electron chi connectivity index (χ2n) is 9.56. The van der Waals surface area contributed by atoms with Crippen molar-refractivity contribution >= 4 is 8.80 Å². The Morgan fingerprint density at radius 2 is 0.828 bits per heavy atom. The lowest BCUT2D eigenvalue weighted by atomic mass is 10.0. The Bertz CT molecular complexity index is 339. The summed E-state index contributed by atoms with van der Waals surface area (Å²) in [6.07, 6.45) is 23.0. The van der Waals surface area contributed by atoms with E-state index >= 15 is 0 Å². The van der Waals surface area contributed by atoms with Crippen LogP contribution >= 0.6 is 0 Å². The number of hydrogen-bond acceptors (Lipinski definition) is 3. The lowest BCUT2D eigenvalue weighted by Crippen LogP contribution is -3.00. The predicted molar refractivity (Wildman–Crippen MR) is 123 cm³/mol. The number of quaternary nitrogens is 1. The average molecular weight is 454 g/mol. The van der Waals surface area contributed by atoms with E-state index in [2.05, 4.69) is 21.0 Å². The molecule has 6 heteroatoms. The van der Waals surface area contributed by atoms with Crippen LogP contribution in [0.15, 0.2) is 0 Å². The molecule has 3 N–H and O–H groups in total. The molecule has 0 heterocycles. The summed E-state index contributed by atoms with van der Waals surface area (Å²) in [5.41, 5.74) is 0. The number of nitrogens with zero attached hydrogens (tertiary/aromatic N) is 1. The Morgan fingerprint density at radius 3 is 1.17 bits per heavy atom. The fraction of sp³-hybridized carbons (Fsp3) is 1.00. The van der Waals surface area contributed by atoms with Gasteiger partial charge in [-0.15, -0.1) is 0 Å². The van der Waals surface area contributed by atoms with E-state index in [1.807, 2.05) is 0 Å². The van der Waals surface area contributed by atoms with E-state index in [1.54, 1.807) is 0 Å². The zero-order valence-electron chi connectivity index (χ0n) is 19.8. The van der Waals surface area contributed by atoms with Gasteiger partial charge in [-0.3, -0.25) is 0 Å². The summed E-state index contributed by atoms with van der Waals surface area (Å²) in [4.78, 5) is 27.2. The van der Waals surface area contributed by atoms with Gasteiger partial charge in [-0.2, -0.15) is 0 Å². The molecule has 0 bridgehead atoms. The first kappa shape index (κ1) is 31.5. The van der Waals surface area contributed by atoms with Gasteiger partial charge < -0.3 is 31.3 Å². The molecule has 0 rings (SSSR count). The molecule has 0 atom stereocenters. The van der Waals surface area contributed by atoms with Gasteiger partial charge in [0.15, 0.2) is 0 Å². The first-order valence-electron chi connectivity index (χ1n) is 12.3. The summed E-state index contributed by atoms with van der Waals surface area (Å²) in [6, 6.07) is 0.160. The molecule has 0 unspecified atom stereocenters. The highest BCUT2D eigenvalue weighted by atomic mass is 35.5. The van der Waals surface area contributed by atoms with Crippen molar-refractivity contribution in [2.45, 2.75) is 122 Å². The first-order chi connectivity index (χ1) is 13.3. The highest BCUT2D eigenvalue weighted by Crippen LogP contribution is 2.14. The van der Waals surface area contributed by atoms with Crippen molar-refractivity contribution in [3.63, 3.8) is 0 Å². The number of halogens is 1. The zero-order valence-corrected chi connectivity index (χ0v) is 21.6. The van der Waals surface area contributed by atoms with E-state index in [0.29, 0.717) is 6.42 Å². The van der Waals surface area contributed by atoms with Crippen LogP contribution in [0.2, 0.25) is 6.04 Å². The van der Waals surface area contributed by atoms with Crippen LogP contribution in [0.5, 0.6) is 0 Å².